The van der Waals surface area contributed by atoms with Crippen LogP contribution >= 0.6 is 0 Å². The Balaban J connectivity index is 1.26. The maximum Gasteiger partial charge on any atom is 0.416 e. The maximum atomic E-state index is 13.4. The van der Waals surface area contributed by atoms with E-state index in [1.807, 2.05) is 4.90 Å². The molecule has 1 saturated heterocycles. The molecule has 1 aromatic carbocycles. The molecule has 0 unspecified atom stereocenters. The van der Waals surface area contributed by atoms with Crippen molar-refractivity contribution in [1.82, 2.24) is 24.5 Å². The number of hydrogen-bond donors (Lipinski definition) is 0. The fourth-order valence-electron chi connectivity index (χ4n) is 5.42. The normalized spacial score (nSPS) is 19.4. The van der Waals surface area contributed by atoms with Crippen LogP contribution in [-0.2, 0) is 36.8 Å². The minimum Gasteiger partial charge on any atom is -0.445 e. The zero-order chi connectivity index (χ0) is 28.9. The van der Waals surface area contributed by atoms with Gasteiger partial charge in [-0.15, -0.1) is 0 Å². The average Bonchev–Trinajstić information content (AvgIpc) is 3.59. The van der Waals surface area contributed by atoms with Crippen molar-refractivity contribution < 1.29 is 40.7 Å². The molecular weight excluding hydrogens is 544 g/mol. The van der Waals surface area contributed by atoms with Gasteiger partial charge in [-0.2, -0.15) is 31.4 Å². The van der Waals surface area contributed by atoms with E-state index in [1.165, 1.54) is 4.90 Å². The number of likely N-dealkylation sites (N-methyl/N-ethyl adjacent to an activating group) is 1. The van der Waals surface area contributed by atoms with Crippen LogP contribution < -0.4 is 0 Å². The summed E-state index contributed by atoms with van der Waals surface area (Å²) in [6, 6.07) is 2.73. The third-order valence-corrected chi connectivity index (χ3v) is 7.75. The summed E-state index contributed by atoms with van der Waals surface area (Å²) < 4.78 is 85.7. The summed E-state index contributed by atoms with van der Waals surface area (Å²) in [5, 5.41) is 4.49. The molecule has 0 N–H and O–H groups in total. The van der Waals surface area contributed by atoms with E-state index in [4.69, 9.17) is 4.74 Å². The standard InChI is InChI=1S/C26H29F6N5O3/c1-2-34-8-9-36(24(16-34)4-5-24)22(38)21-13-20-14-35(6-3-7-37(20)33-21)23(39)40-15-17-10-18(25(27,28)29)12-19(11-17)26(30,31)32/h10-13H,2-9,14-16H2,1H3. The van der Waals surface area contributed by atoms with Crippen molar-refractivity contribution in [2.75, 3.05) is 32.7 Å². The van der Waals surface area contributed by atoms with Crippen molar-refractivity contribution >= 4 is 12.0 Å². The summed E-state index contributed by atoms with van der Waals surface area (Å²) in [5.74, 6) is -0.159. The molecule has 1 aromatic heterocycles. The van der Waals surface area contributed by atoms with Crippen LogP contribution in [-0.4, -0.2) is 74.7 Å². The fraction of sp³-hybridized carbons (Fsp3) is 0.577. The molecule has 218 valence electrons. The molecule has 1 saturated carbocycles. The van der Waals surface area contributed by atoms with Gasteiger partial charge in [-0.3, -0.25) is 14.4 Å². The zero-order valence-electron chi connectivity index (χ0n) is 21.8. The highest BCUT2D eigenvalue weighted by atomic mass is 19.4. The molecule has 1 aliphatic carbocycles. The summed E-state index contributed by atoms with van der Waals surface area (Å²) in [7, 11) is 0. The number of nitrogens with zero attached hydrogens (tertiary/aromatic N) is 5. The average molecular weight is 574 g/mol. The second kappa shape index (κ2) is 10.3. The van der Waals surface area contributed by atoms with Gasteiger partial charge in [-0.05, 0) is 55.6 Å². The lowest BCUT2D eigenvalue weighted by molar-refractivity contribution is -0.143. The van der Waals surface area contributed by atoms with Gasteiger partial charge >= 0.3 is 18.4 Å². The highest BCUT2D eigenvalue weighted by Crippen LogP contribution is 2.45. The Morgan fingerprint density at radius 1 is 0.950 bits per heavy atom. The fourth-order valence-corrected chi connectivity index (χ4v) is 5.42. The largest absolute Gasteiger partial charge is 0.445 e. The number of halogens is 6. The lowest BCUT2D eigenvalue weighted by Crippen LogP contribution is -2.56. The highest BCUT2D eigenvalue weighted by Gasteiger charge is 2.53. The Labute approximate surface area is 226 Å². The van der Waals surface area contributed by atoms with Gasteiger partial charge in [0.15, 0.2) is 5.69 Å². The first-order valence-electron chi connectivity index (χ1n) is 13.1. The first-order chi connectivity index (χ1) is 18.8. The monoisotopic (exact) mass is 573 g/mol. The van der Waals surface area contributed by atoms with Crippen LogP contribution in [0.4, 0.5) is 31.1 Å². The van der Waals surface area contributed by atoms with Gasteiger partial charge in [0.25, 0.3) is 5.91 Å². The summed E-state index contributed by atoms with van der Waals surface area (Å²) in [5.41, 5.74) is -2.67. The second-order valence-corrected chi connectivity index (χ2v) is 10.5. The van der Waals surface area contributed by atoms with E-state index in [9.17, 15) is 35.9 Å². The number of rotatable bonds is 4. The number of aryl methyl sites for hydroxylation is 1. The molecule has 8 nitrogen and oxygen atoms in total. The number of alkyl halides is 6. The molecule has 0 radical (unpaired) electrons. The number of ether oxygens (including phenoxy) is 1. The van der Waals surface area contributed by atoms with Crippen molar-refractivity contribution in [2.45, 2.75) is 63.8 Å². The number of carbonyl (C=O) groups is 2. The number of hydrogen-bond acceptors (Lipinski definition) is 5. The van der Waals surface area contributed by atoms with E-state index < -0.39 is 41.7 Å². The Morgan fingerprint density at radius 2 is 1.62 bits per heavy atom. The van der Waals surface area contributed by atoms with Crippen LogP contribution in [0.3, 0.4) is 0 Å². The smallest absolute Gasteiger partial charge is 0.416 e. The van der Waals surface area contributed by atoms with E-state index in [0.29, 0.717) is 37.3 Å². The van der Waals surface area contributed by atoms with Crippen molar-refractivity contribution in [3.8, 4) is 0 Å². The van der Waals surface area contributed by atoms with Gasteiger partial charge in [0, 0.05) is 32.7 Å². The van der Waals surface area contributed by atoms with Gasteiger partial charge in [-0.1, -0.05) is 6.92 Å². The number of amides is 2. The van der Waals surface area contributed by atoms with Crippen LogP contribution in [0.5, 0.6) is 0 Å². The predicted molar refractivity (Wildman–Crippen MR) is 129 cm³/mol. The third kappa shape index (κ3) is 5.77. The van der Waals surface area contributed by atoms with E-state index in [1.54, 1.807) is 10.7 Å². The predicted octanol–water partition coefficient (Wildman–Crippen LogP) is 4.77. The molecule has 2 amide bonds. The molecule has 2 fully saturated rings. The summed E-state index contributed by atoms with van der Waals surface area (Å²) in [4.78, 5) is 31.7. The molecular formula is C26H29F6N5O3. The molecule has 40 heavy (non-hydrogen) atoms. The van der Waals surface area contributed by atoms with Crippen LogP contribution in [0, 0.1) is 0 Å². The van der Waals surface area contributed by atoms with Crippen molar-refractivity contribution in [3.63, 3.8) is 0 Å². The first-order valence-corrected chi connectivity index (χ1v) is 13.1. The van der Waals surface area contributed by atoms with E-state index in [-0.39, 0.29) is 36.3 Å². The number of fused-ring (bicyclic) bond motifs is 1. The second-order valence-electron chi connectivity index (χ2n) is 10.5. The number of benzene rings is 1. The van der Waals surface area contributed by atoms with Gasteiger partial charge in [-0.25, -0.2) is 4.79 Å². The van der Waals surface area contributed by atoms with Gasteiger partial charge < -0.3 is 14.5 Å². The Kier molecular flexibility index (Phi) is 7.26. The molecule has 14 heteroatoms. The molecule has 2 aliphatic heterocycles. The Bertz CT molecular complexity index is 1250. The topological polar surface area (TPSA) is 70.9 Å². The number of carbonyl (C=O) groups excluding carboxylic acids is 2. The van der Waals surface area contributed by atoms with Crippen molar-refractivity contribution in [3.05, 3.63) is 52.3 Å². The SMILES string of the molecule is CCN1CCN(C(=O)c2cc3n(n2)CCCN(C(=O)OCc2cc(C(F)(F)F)cc(C(F)(F)F)c2)C3)C2(CC2)C1. The molecule has 0 bridgehead atoms. The van der Waals surface area contributed by atoms with Gasteiger partial charge in [0.2, 0.25) is 0 Å². The Hall–Kier alpha value is -3.29. The molecule has 3 heterocycles. The first kappa shape index (κ1) is 28.2. The number of aromatic nitrogens is 2. The van der Waals surface area contributed by atoms with Gasteiger partial charge in [0.1, 0.15) is 6.61 Å². The minimum atomic E-state index is -5.00. The number of piperazine rings is 1. The zero-order valence-corrected chi connectivity index (χ0v) is 21.8. The lowest BCUT2D eigenvalue weighted by Gasteiger charge is -2.41. The molecule has 3 aliphatic rings. The minimum absolute atomic E-state index is 0.0227. The quantitative estimate of drug-likeness (QED) is 0.493. The van der Waals surface area contributed by atoms with Crippen LogP contribution in [0.2, 0.25) is 0 Å². The summed E-state index contributed by atoms with van der Waals surface area (Å²) >= 11 is 0. The Morgan fingerprint density at radius 3 is 2.23 bits per heavy atom. The van der Waals surface area contributed by atoms with E-state index >= 15 is 0 Å². The summed E-state index contributed by atoms with van der Waals surface area (Å²) in [6.07, 6.45) is -8.53. The molecule has 5 rings (SSSR count). The lowest BCUT2D eigenvalue weighted by atomic mass is 10.1. The summed E-state index contributed by atoms with van der Waals surface area (Å²) in [6.45, 7) is 5.18. The third-order valence-electron chi connectivity index (χ3n) is 7.75. The maximum absolute atomic E-state index is 13.4. The molecule has 2 aromatic rings. The van der Waals surface area contributed by atoms with Gasteiger partial charge in [0.05, 0.1) is 28.9 Å². The van der Waals surface area contributed by atoms with Crippen molar-refractivity contribution in [1.29, 1.82) is 0 Å². The molecule has 0 atom stereocenters. The van der Waals surface area contributed by atoms with Crippen LogP contribution in [0.15, 0.2) is 24.3 Å². The van der Waals surface area contributed by atoms with Crippen LogP contribution in [0.1, 0.15) is 59.1 Å². The highest BCUT2D eigenvalue weighted by molar-refractivity contribution is 5.93. The van der Waals surface area contributed by atoms with Crippen molar-refractivity contribution in [2.24, 2.45) is 0 Å². The van der Waals surface area contributed by atoms with Crippen LogP contribution in [0.25, 0.3) is 0 Å². The molecule has 1 spiro atoms. The van der Waals surface area contributed by atoms with E-state index in [2.05, 4.69) is 16.9 Å². The van der Waals surface area contributed by atoms with E-state index in [0.717, 1.165) is 32.5 Å².